The van der Waals surface area contributed by atoms with Gasteiger partial charge in [0.2, 0.25) is 5.91 Å². The maximum atomic E-state index is 11.6. The normalized spacial score (nSPS) is 24.7. The molecule has 1 heterocycles. The Labute approximate surface area is 85.1 Å². The van der Waals surface area contributed by atoms with Crippen molar-refractivity contribution in [2.24, 2.45) is 0 Å². The fourth-order valence-corrected chi connectivity index (χ4v) is 1.40. The van der Waals surface area contributed by atoms with Crippen LogP contribution in [0.2, 0.25) is 0 Å². The summed E-state index contributed by atoms with van der Waals surface area (Å²) in [5.74, 6) is -0.00266. The third-order valence-electron chi connectivity index (χ3n) is 2.80. The van der Waals surface area contributed by atoms with Crippen LogP contribution < -0.4 is 10.6 Å². The van der Waals surface area contributed by atoms with Gasteiger partial charge in [0.05, 0.1) is 17.7 Å². The maximum absolute atomic E-state index is 11.6. The predicted octanol–water partition coefficient (Wildman–Crippen LogP) is 0.0140. The molecule has 3 N–H and O–H groups in total. The van der Waals surface area contributed by atoms with Crippen LogP contribution in [-0.4, -0.2) is 35.2 Å². The minimum Gasteiger partial charge on any atom is -0.388 e. The van der Waals surface area contributed by atoms with Crippen molar-refractivity contribution in [3.05, 3.63) is 0 Å². The summed E-state index contributed by atoms with van der Waals surface area (Å²) >= 11 is 0. The monoisotopic (exact) mass is 200 g/mol. The van der Waals surface area contributed by atoms with Gasteiger partial charge in [-0.1, -0.05) is 0 Å². The second kappa shape index (κ2) is 4.28. The average molecular weight is 200 g/mol. The number of rotatable bonds is 3. The summed E-state index contributed by atoms with van der Waals surface area (Å²) in [4.78, 5) is 11.6. The second-order valence-corrected chi connectivity index (χ2v) is 4.53. The van der Waals surface area contributed by atoms with E-state index < -0.39 is 5.60 Å². The molecular weight excluding hydrogens is 180 g/mol. The molecule has 1 aliphatic rings. The van der Waals surface area contributed by atoms with E-state index in [-0.39, 0.29) is 18.0 Å². The zero-order valence-electron chi connectivity index (χ0n) is 9.13. The quantitative estimate of drug-likeness (QED) is 0.601. The van der Waals surface area contributed by atoms with E-state index in [0.29, 0.717) is 0 Å². The zero-order valence-corrected chi connectivity index (χ0v) is 9.13. The molecule has 4 heteroatoms. The lowest BCUT2D eigenvalue weighted by Crippen LogP contribution is -2.51. The van der Waals surface area contributed by atoms with Crippen molar-refractivity contribution in [2.75, 3.05) is 6.54 Å². The molecule has 0 spiro atoms. The van der Waals surface area contributed by atoms with Crippen LogP contribution in [-0.2, 0) is 4.79 Å². The summed E-state index contributed by atoms with van der Waals surface area (Å²) < 4.78 is 0. The summed E-state index contributed by atoms with van der Waals surface area (Å²) in [7, 11) is 0. The van der Waals surface area contributed by atoms with Crippen molar-refractivity contribution in [2.45, 2.75) is 51.3 Å². The van der Waals surface area contributed by atoms with Gasteiger partial charge in [0.1, 0.15) is 0 Å². The standard InChI is InChI=1S/C10H20N2O2/c1-7(10(2,3)14)12-9(13)8-5-4-6-11-8/h7-8,11,14H,4-6H2,1-3H3,(H,12,13)/t7?,8-/m1/s1. The highest BCUT2D eigenvalue weighted by atomic mass is 16.3. The number of hydrogen-bond donors (Lipinski definition) is 3. The smallest absolute Gasteiger partial charge is 0.237 e. The van der Waals surface area contributed by atoms with Gasteiger partial charge in [-0.25, -0.2) is 0 Å². The van der Waals surface area contributed by atoms with Crippen LogP contribution in [0.25, 0.3) is 0 Å². The second-order valence-electron chi connectivity index (χ2n) is 4.53. The highest BCUT2D eigenvalue weighted by Crippen LogP contribution is 2.10. The number of amides is 1. The summed E-state index contributed by atoms with van der Waals surface area (Å²) in [6, 6.07) is -0.294. The Bertz CT molecular complexity index is 205. The molecule has 1 saturated heterocycles. The van der Waals surface area contributed by atoms with Crippen LogP contribution in [0.5, 0.6) is 0 Å². The van der Waals surface area contributed by atoms with Crippen LogP contribution in [0.15, 0.2) is 0 Å². The van der Waals surface area contributed by atoms with Crippen molar-refractivity contribution < 1.29 is 9.90 Å². The first-order valence-corrected chi connectivity index (χ1v) is 5.17. The molecule has 0 radical (unpaired) electrons. The fourth-order valence-electron chi connectivity index (χ4n) is 1.40. The maximum Gasteiger partial charge on any atom is 0.237 e. The molecule has 2 atom stereocenters. The van der Waals surface area contributed by atoms with Gasteiger partial charge in [0.15, 0.2) is 0 Å². The van der Waals surface area contributed by atoms with Crippen LogP contribution >= 0.6 is 0 Å². The lowest BCUT2D eigenvalue weighted by molar-refractivity contribution is -0.125. The van der Waals surface area contributed by atoms with E-state index in [4.69, 9.17) is 0 Å². The van der Waals surface area contributed by atoms with Gasteiger partial charge in [0.25, 0.3) is 0 Å². The molecule has 0 bridgehead atoms. The minimum absolute atomic E-state index is 0.00266. The highest BCUT2D eigenvalue weighted by molar-refractivity contribution is 5.82. The summed E-state index contributed by atoms with van der Waals surface area (Å²) in [6.07, 6.45) is 1.94. The fraction of sp³-hybridized carbons (Fsp3) is 0.900. The zero-order chi connectivity index (χ0) is 10.8. The molecule has 0 saturated carbocycles. The predicted molar refractivity (Wildman–Crippen MR) is 54.9 cm³/mol. The lowest BCUT2D eigenvalue weighted by Gasteiger charge is -2.27. The van der Waals surface area contributed by atoms with Gasteiger partial charge in [-0.3, -0.25) is 4.79 Å². The average Bonchev–Trinajstić information content (AvgIpc) is 2.53. The molecule has 1 aliphatic heterocycles. The summed E-state index contributed by atoms with van der Waals surface area (Å²) in [5, 5.41) is 15.6. The van der Waals surface area contributed by atoms with Gasteiger partial charge >= 0.3 is 0 Å². The third kappa shape index (κ3) is 2.96. The Hall–Kier alpha value is -0.610. The van der Waals surface area contributed by atoms with E-state index >= 15 is 0 Å². The number of aliphatic hydroxyl groups is 1. The first-order chi connectivity index (χ1) is 6.41. The van der Waals surface area contributed by atoms with E-state index in [1.54, 1.807) is 13.8 Å². The van der Waals surface area contributed by atoms with Crippen molar-refractivity contribution >= 4 is 5.91 Å². The van der Waals surface area contributed by atoms with Crippen molar-refractivity contribution in [3.8, 4) is 0 Å². The van der Waals surface area contributed by atoms with E-state index in [1.165, 1.54) is 0 Å². The number of hydrogen-bond acceptors (Lipinski definition) is 3. The Balaban J connectivity index is 2.40. The van der Waals surface area contributed by atoms with E-state index in [0.717, 1.165) is 19.4 Å². The van der Waals surface area contributed by atoms with Gasteiger partial charge in [-0.05, 0) is 40.2 Å². The van der Waals surface area contributed by atoms with Gasteiger partial charge in [0, 0.05) is 0 Å². The molecule has 1 rings (SSSR count). The number of carbonyl (C=O) groups excluding carboxylic acids is 1. The highest BCUT2D eigenvalue weighted by Gasteiger charge is 2.28. The molecule has 0 aliphatic carbocycles. The van der Waals surface area contributed by atoms with Crippen LogP contribution in [0.3, 0.4) is 0 Å². The Morgan fingerprint density at radius 3 is 2.71 bits per heavy atom. The van der Waals surface area contributed by atoms with E-state index in [9.17, 15) is 9.90 Å². The molecule has 4 nitrogen and oxygen atoms in total. The SMILES string of the molecule is CC(NC(=O)[C@H]1CCCN1)C(C)(C)O. The molecule has 82 valence electrons. The van der Waals surface area contributed by atoms with Crippen LogP contribution in [0.1, 0.15) is 33.6 Å². The Kier molecular flexibility index (Phi) is 3.50. The van der Waals surface area contributed by atoms with E-state index in [1.807, 2.05) is 6.92 Å². The topological polar surface area (TPSA) is 61.4 Å². The van der Waals surface area contributed by atoms with Crippen LogP contribution in [0.4, 0.5) is 0 Å². The number of nitrogens with one attached hydrogen (secondary N) is 2. The minimum atomic E-state index is -0.867. The molecule has 14 heavy (non-hydrogen) atoms. The Morgan fingerprint density at radius 1 is 1.64 bits per heavy atom. The molecule has 0 aromatic heterocycles. The van der Waals surface area contributed by atoms with Crippen LogP contribution in [0, 0.1) is 0 Å². The van der Waals surface area contributed by atoms with Gasteiger partial charge in [-0.2, -0.15) is 0 Å². The first-order valence-electron chi connectivity index (χ1n) is 5.17. The first kappa shape index (κ1) is 11.5. The van der Waals surface area contributed by atoms with Crippen molar-refractivity contribution in [1.82, 2.24) is 10.6 Å². The van der Waals surface area contributed by atoms with Crippen molar-refractivity contribution in [3.63, 3.8) is 0 Å². The van der Waals surface area contributed by atoms with E-state index in [2.05, 4.69) is 10.6 Å². The van der Waals surface area contributed by atoms with Gasteiger partial charge in [-0.15, -0.1) is 0 Å². The summed E-state index contributed by atoms with van der Waals surface area (Å²) in [5.41, 5.74) is -0.867. The van der Waals surface area contributed by atoms with Crippen molar-refractivity contribution in [1.29, 1.82) is 0 Å². The molecule has 0 aromatic carbocycles. The Morgan fingerprint density at radius 2 is 2.29 bits per heavy atom. The lowest BCUT2D eigenvalue weighted by atomic mass is 10.0. The summed E-state index contributed by atoms with van der Waals surface area (Å²) in [6.45, 7) is 6.11. The molecule has 0 aromatic rings. The number of carbonyl (C=O) groups is 1. The molecule has 1 fully saturated rings. The molecule has 1 amide bonds. The molecule has 1 unspecified atom stereocenters. The third-order valence-corrected chi connectivity index (χ3v) is 2.80. The largest absolute Gasteiger partial charge is 0.388 e. The van der Waals surface area contributed by atoms with Gasteiger partial charge < -0.3 is 15.7 Å². The molecular formula is C10H20N2O2.